The fourth-order valence-electron chi connectivity index (χ4n) is 3.74. The van der Waals surface area contributed by atoms with Crippen LogP contribution in [0.25, 0.3) is 0 Å². The maximum absolute atomic E-state index is 13.9. The molecule has 1 saturated heterocycles. The Morgan fingerprint density at radius 1 is 1.06 bits per heavy atom. The van der Waals surface area contributed by atoms with Crippen molar-refractivity contribution in [1.82, 2.24) is 14.4 Å². The number of nitrogens with zero attached hydrogens (tertiary/aromatic N) is 4. The van der Waals surface area contributed by atoms with Crippen LogP contribution in [0.2, 0.25) is 0 Å². The van der Waals surface area contributed by atoms with Crippen molar-refractivity contribution >= 4 is 23.2 Å². The maximum Gasteiger partial charge on any atom is 0.282 e. The normalized spacial score (nSPS) is 15.2. The second-order valence-corrected chi connectivity index (χ2v) is 8.51. The lowest BCUT2D eigenvalue weighted by Gasteiger charge is -2.34. The monoisotopic (exact) mass is 452 g/mol. The van der Waals surface area contributed by atoms with Crippen LogP contribution in [0.4, 0.5) is 4.39 Å². The van der Waals surface area contributed by atoms with E-state index in [1.807, 2.05) is 45.3 Å². The van der Waals surface area contributed by atoms with E-state index in [2.05, 4.69) is 16.8 Å². The van der Waals surface area contributed by atoms with Crippen LogP contribution in [0.15, 0.2) is 65.1 Å². The number of hydrogen-bond donors (Lipinski definition) is 0. The number of carbonyl (C=O) groups is 2. The summed E-state index contributed by atoms with van der Waals surface area (Å²) >= 11 is 1.31. The van der Waals surface area contributed by atoms with Gasteiger partial charge in [-0.25, -0.2) is 4.39 Å². The largest absolute Gasteiger partial charge is 0.336 e. The molecule has 3 aromatic rings. The van der Waals surface area contributed by atoms with Gasteiger partial charge in [0.15, 0.2) is 4.80 Å². The minimum atomic E-state index is -0.616. The molecule has 166 valence electrons. The van der Waals surface area contributed by atoms with Gasteiger partial charge in [0.05, 0.1) is 5.56 Å². The minimum Gasteiger partial charge on any atom is -0.336 e. The molecule has 2 amide bonds. The lowest BCUT2D eigenvalue weighted by atomic mass is 10.1. The van der Waals surface area contributed by atoms with E-state index in [0.29, 0.717) is 16.9 Å². The first-order valence-corrected chi connectivity index (χ1v) is 11.5. The Morgan fingerprint density at radius 3 is 2.59 bits per heavy atom. The zero-order valence-electron chi connectivity index (χ0n) is 17.9. The Hall–Kier alpha value is -3.10. The fourth-order valence-corrected chi connectivity index (χ4v) is 4.46. The quantitative estimate of drug-likeness (QED) is 0.597. The van der Waals surface area contributed by atoms with Gasteiger partial charge in [-0.05, 0) is 36.4 Å². The molecule has 0 bridgehead atoms. The third-order valence-electron chi connectivity index (χ3n) is 5.59. The van der Waals surface area contributed by atoms with Gasteiger partial charge in [0, 0.05) is 49.9 Å². The van der Waals surface area contributed by atoms with E-state index in [0.717, 1.165) is 38.3 Å². The van der Waals surface area contributed by atoms with Crippen molar-refractivity contribution in [1.29, 1.82) is 0 Å². The van der Waals surface area contributed by atoms with Crippen LogP contribution >= 0.6 is 11.3 Å². The number of halogens is 1. The number of carbonyl (C=O) groups excluding carboxylic acids is 2. The smallest absolute Gasteiger partial charge is 0.282 e. The molecule has 32 heavy (non-hydrogen) atoms. The zero-order chi connectivity index (χ0) is 22.5. The van der Waals surface area contributed by atoms with Gasteiger partial charge in [-0.15, -0.1) is 11.3 Å². The molecule has 1 aliphatic rings. The summed E-state index contributed by atoms with van der Waals surface area (Å²) in [7, 11) is 0. The lowest BCUT2D eigenvalue weighted by molar-refractivity contribution is 0.0643. The van der Waals surface area contributed by atoms with Crippen LogP contribution < -0.4 is 4.80 Å². The van der Waals surface area contributed by atoms with Crippen LogP contribution in [-0.4, -0.2) is 58.9 Å². The maximum atomic E-state index is 13.9. The van der Waals surface area contributed by atoms with E-state index < -0.39 is 11.7 Å². The topological polar surface area (TPSA) is 57.9 Å². The van der Waals surface area contributed by atoms with Crippen LogP contribution in [0, 0.1) is 5.82 Å². The van der Waals surface area contributed by atoms with Crippen LogP contribution in [0.1, 0.15) is 33.2 Å². The van der Waals surface area contributed by atoms with E-state index in [1.165, 1.54) is 29.5 Å². The first kappa shape index (κ1) is 22.1. The van der Waals surface area contributed by atoms with Gasteiger partial charge in [0.2, 0.25) is 0 Å². The molecule has 6 nitrogen and oxygen atoms in total. The van der Waals surface area contributed by atoms with Crippen molar-refractivity contribution in [2.75, 3.05) is 32.7 Å². The number of thiazole rings is 1. The lowest BCUT2D eigenvalue weighted by Crippen LogP contribution is -2.48. The summed E-state index contributed by atoms with van der Waals surface area (Å²) in [6.45, 7) is 6.85. The van der Waals surface area contributed by atoms with Crippen molar-refractivity contribution in [2.45, 2.75) is 13.5 Å². The van der Waals surface area contributed by atoms with Gasteiger partial charge in [-0.1, -0.05) is 31.2 Å². The molecule has 0 spiro atoms. The average Bonchev–Trinajstić information content (AvgIpc) is 3.25. The third-order valence-corrected chi connectivity index (χ3v) is 6.39. The van der Waals surface area contributed by atoms with Gasteiger partial charge in [-0.2, -0.15) is 4.99 Å². The SMILES string of the molecule is CCN1CCN(C(=O)c2cccc(Cn3ccsc3=NC(=O)c3ccccc3F)c2)CC1. The highest BCUT2D eigenvalue weighted by molar-refractivity contribution is 7.07. The summed E-state index contributed by atoms with van der Waals surface area (Å²) in [4.78, 5) is 34.2. The van der Waals surface area contributed by atoms with Gasteiger partial charge in [0.1, 0.15) is 5.82 Å². The first-order chi connectivity index (χ1) is 15.5. The Morgan fingerprint density at radius 2 is 1.84 bits per heavy atom. The van der Waals surface area contributed by atoms with Crippen molar-refractivity contribution in [3.63, 3.8) is 0 Å². The van der Waals surface area contributed by atoms with Crippen molar-refractivity contribution in [3.05, 3.63) is 87.4 Å². The predicted molar refractivity (Wildman–Crippen MR) is 122 cm³/mol. The number of hydrogen-bond acceptors (Lipinski definition) is 4. The number of aromatic nitrogens is 1. The number of rotatable bonds is 5. The predicted octanol–water partition coefficient (Wildman–Crippen LogP) is 3.26. The van der Waals surface area contributed by atoms with Crippen molar-refractivity contribution < 1.29 is 14.0 Å². The van der Waals surface area contributed by atoms with Gasteiger partial charge >= 0.3 is 0 Å². The molecule has 2 aromatic carbocycles. The summed E-state index contributed by atoms with van der Waals surface area (Å²) in [6.07, 6.45) is 1.83. The van der Waals surface area contributed by atoms with Crippen molar-refractivity contribution in [3.8, 4) is 0 Å². The van der Waals surface area contributed by atoms with Gasteiger partial charge in [-0.3, -0.25) is 9.59 Å². The highest BCUT2D eigenvalue weighted by Crippen LogP contribution is 2.13. The average molecular weight is 453 g/mol. The standard InChI is InChI=1S/C24H25FN4O2S/c1-2-27-10-12-28(13-11-27)23(31)19-7-5-6-18(16-19)17-29-14-15-32-24(29)26-22(30)20-8-3-4-9-21(20)25/h3-9,14-16H,2,10-13,17H2,1H3. The molecule has 0 radical (unpaired) electrons. The molecule has 0 unspecified atom stereocenters. The Bertz CT molecular complexity index is 1180. The van der Waals surface area contributed by atoms with Crippen LogP contribution in [-0.2, 0) is 6.54 Å². The van der Waals surface area contributed by atoms with Crippen LogP contribution in [0.3, 0.4) is 0 Å². The molecule has 1 aromatic heterocycles. The number of piperazine rings is 1. The molecule has 1 aliphatic heterocycles. The fraction of sp³-hybridized carbons (Fsp3) is 0.292. The molecule has 0 saturated carbocycles. The molecule has 8 heteroatoms. The molecule has 4 rings (SSSR count). The second-order valence-electron chi connectivity index (χ2n) is 7.64. The minimum absolute atomic E-state index is 0.0394. The van der Waals surface area contributed by atoms with Crippen molar-refractivity contribution in [2.24, 2.45) is 4.99 Å². The van der Waals surface area contributed by atoms with E-state index in [9.17, 15) is 14.0 Å². The molecular formula is C24H25FN4O2S. The Balaban J connectivity index is 1.51. The first-order valence-electron chi connectivity index (χ1n) is 10.6. The van der Waals surface area contributed by atoms with E-state index in [4.69, 9.17) is 0 Å². The molecular weight excluding hydrogens is 427 g/mol. The number of likely N-dealkylation sites (N-methyl/N-ethyl adjacent to an activating group) is 1. The van der Waals surface area contributed by atoms with Gasteiger partial charge < -0.3 is 14.4 Å². The summed E-state index contributed by atoms with van der Waals surface area (Å²) in [5.74, 6) is -1.16. The Kier molecular flexibility index (Phi) is 6.92. The summed E-state index contributed by atoms with van der Waals surface area (Å²) in [6, 6.07) is 13.4. The number of amides is 2. The van der Waals surface area contributed by atoms with Gasteiger partial charge in [0.25, 0.3) is 11.8 Å². The zero-order valence-corrected chi connectivity index (χ0v) is 18.7. The summed E-state index contributed by atoms with van der Waals surface area (Å²) < 4.78 is 15.7. The second kappa shape index (κ2) is 10.0. The number of benzene rings is 2. The molecule has 1 fully saturated rings. The molecule has 0 aliphatic carbocycles. The van der Waals surface area contributed by atoms with E-state index in [1.54, 1.807) is 6.07 Å². The van der Waals surface area contributed by atoms with E-state index in [-0.39, 0.29) is 11.5 Å². The van der Waals surface area contributed by atoms with E-state index >= 15 is 0 Å². The molecule has 0 N–H and O–H groups in total. The molecule has 0 atom stereocenters. The highest BCUT2D eigenvalue weighted by atomic mass is 32.1. The Labute approximate surface area is 190 Å². The highest BCUT2D eigenvalue weighted by Gasteiger charge is 2.21. The van der Waals surface area contributed by atoms with Crippen LogP contribution in [0.5, 0.6) is 0 Å². The summed E-state index contributed by atoms with van der Waals surface area (Å²) in [5.41, 5.74) is 1.54. The third kappa shape index (κ3) is 5.03. The summed E-state index contributed by atoms with van der Waals surface area (Å²) in [5, 5.41) is 1.83. The molecule has 2 heterocycles.